The topological polar surface area (TPSA) is 114 Å². The first kappa shape index (κ1) is 12.7. The first-order valence-corrected chi connectivity index (χ1v) is 5.96. The summed E-state index contributed by atoms with van der Waals surface area (Å²) in [5.74, 6) is -0.733. The number of H-pyrrole nitrogens is 1. The van der Waals surface area contributed by atoms with Gasteiger partial charge in [0.25, 0.3) is 5.91 Å². The lowest BCUT2D eigenvalue weighted by molar-refractivity contribution is 0.102. The molecule has 0 atom stereocenters. The van der Waals surface area contributed by atoms with Crippen molar-refractivity contribution in [3.05, 3.63) is 59.1 Å². The van der Waals surface area contributed by atoms with Crippen molar-refractivity contribution >= 4 is 11.6 Å². The number of amides is 1. The molecule has 104 valence electrons. The van der Waals surface area contributed by atoms with Crippen molar-refractivity contribution in [1.29, 1.82) is 0 Å². The van der Waals surface area contributed by atoms with Gasteiger partial charge in [-0.25, -0.2) is 9.78 Å². The molecule has 3 aromatic rings. The van der Waals surface area contributed by atoms with Crippen LogP contribution in [0.4, 0.5) is 5.69 Å². The summed E-state index contributed by atoms with van der Waals surface area (Å²) >= 11 is 0. The number of aromatic nitrogens is 4. The van der Waals surface area contributed by atoms with Gasteiger partial charge in [-0.2, -0.15) is 0 Å². The third-order valence-electron chi connectivity index (χ3n) is 2.63. The fourth-order valence-electron chi connectivity index (χ4n) is 1.71. The molecule has 0 spiro atoms. The summed E-state index contributed by atoms with van der Waals surface area (Å²) in [6.45, 7) is 0. The molecule has 2 aromatic heterocycles. The molecule has 0 saturated heterocycles. The van der Waals surface area contributed by atoms with Crippen LogP contribution in [-0.2, 0) is 0 Å². The highest BCUT2D eigenvalue weighted by Crippen LogP contribution is 2.18. The minimum Gasteiger partial charge on any atom is -0.321 e. The third kappa shape index (κ3) is 2.84. The summed E-state index contributed by atoms with van der Waals surface area (Å²) in [6.07, 6.45) is 4.29. The van der Waals surface area contributed by atoms with Gasteiger partial charge in [-0.1, -0.05) is 17.3 Å². The van der Waals surface area contributed by atoms with Crippen LogP contribution >= 0.6 is 0 Å². The van der Waals surface area contributed by atoms with E-state index in [1.54, 1.807) is 24.3 Å². The zero-order valence-electron chi connectivity index (χ0n) is 10.6. The van der Waals surface area contributed by atoms with Crippen LogP contribution in [0.2, 0.25) is 0 Å². The average Bonchev–Trinajstić information content (AvgIpc) is 2.95. The maximum atomic E-state index is 12.0. The van der Waals surface area contributed by atoms with Crippen LogP contribution < -0.4 is 11.1 Å². The molecule has 8 nitrogen and oxygen atoms in total. The molecule has 0 unspecified atom stereocenters. The Balaban J connectivity index is 1.84. The van der Waals surface area contributed by atoms with Crippen LogP contribution in [0.25, 0.3) is 11.4 Å². The summed E-state index contributed by atoms with van der Waals surface area (Å²) in [5, 5.41) is 6.27. The van der Waals surface area contributed by atoms with Gasteiger partial charge in [-0.3, -0.25) is 19.3 Å². The van der Waals surface area contributed by atoms with Gasteiger partial charge in [0.1, 0.15) is 5.69 Å². The Labute approximate surface area is 117 Å². The zero-order chi connectivity index (χ0) is 14.7. The summed E-state index contributed by atoms with van der Waals surface area (Å²) < 4.78 is 4.44. The van der Waals surface area contributed by atoms with Gasteiger partial charge in [0.2, 0.25) is 0 Å². The molecule has 0 aliphatic rings. The fourth-order valence-corrected chi connectivity index (χ4v) is 1.71. The quantitative estimate of drug-likeness (QED) is 0.743. The van der Waals surface area contributed by atoms with Crippen LogP contribution in [0.1, 0.15) is 10.5 Å². The number of nitrogens with zero attached hydrogens (tertiary/aromatic N) is 3. The van der Waals surface area contributed by atoms with Crippen molar-refractivity contribution in [2.75, 3.05) is 5.32 Å². The van der Waals surface area contributed by atoms with E-state index in [-0.39, 0.29) is 17.4 Å². The highest BCUT2D eigenvalue weighted by Gasteiger charge is 2.09. The lowest BCUT2D eigenvalue weighted by atomic mass is 10.2. The molecular weight excluding hydrogens is 274 g/mol. The van der Waals surface area contributed by atoms with Crippen LogP contribution in [0, 0.1) is 0 Å². The van der Waals surface area contributed by atoms with Gasteiger partial charge in [-0.15, -0.1) is 0 Å². The van der Waals surface area contributed by atoms with Crippen LogP contribution in [0.5, 0.6) is 0 Å². The van der Waals surface area contributed by atoms with E-state index >= 15 is 0 Å². The van der Waals surface area contributed by atoms with E-state index in [1.807, 2.05) is 0 Å². The van der Waals surface area contributed by atoms with E-state index in [4.69, 9.17) is 0 Å². The van der Waals surface area contributed by atoms with Gasteiger partial charge >= 0.3 is 5.76 Å². The predicted octanol–water partition coefficient (Wildman–Crippen LogP) is 1.07. The lowest BCUT2D eigenvalue weighted by Gasteiger charge is -2.05. The number of rotatable bonds is 3. The number of aromatic amines is 1. The minimum absolute atomic E-state index is 0.206. The van der Waals surface area contributed by atoms with E-state index in [2.05, 4.69) is 29.9 Å². The number of hydrogen-bond donors (Lipinski definition) is 2. The predicted molar refractivity (Wildman–Crippen MR) is 72.5 cm³/mol. The maximum Gasteiger partial charge on any atom is 0.439 e. The molecule has 0 saturated carbocycles. The van der Waals surface area contributed by atoms with Gasteiger partial charge in [0.15, 0.2) is 5.82 Å². The normalized spacial score (nSPS) is 10.3. The molecule has 2 heterocycles. The monoisotopic (exact) mass is 283 g/mol. The van der Waals surface area contributed by atoms with Gasteiger partial charge in [0.05, 0.1) is 6.20 Å². The van der Waals surface area contributed by atoms with Gasteiger partial charge < -0.3 is 5.32 Å². The molecule has 0 fully saturated rings. The second kappa shape index (κ2) is 5.37. The van der Waals surface area contributed by atoms with Crippen molar-refractivity contribution in [3.8, 4) is 11.4 Å². The first-order valence-electron chi connectivity index (χ1n) is 5.96. The van der Waals surface area contributed by atoms with Crippen molar-refractivity contribution < 1.29 is 9.32 Å². The molecule has 21 heavy (non-hydrogen) atoms. The number of carbonyl (C=O) groups excluding carboxylic acids is 1. The molecule has 3 rings (SSSR count). The highest BCUT2D eigenvalue weighted by atomic mass is 16.5. The smallest absolute Gasteiger partial charge is 0.321 e. The fraction of sp³-hybridized carbons (Fsp3) is 0. The van der Waals surface area contributed by atoms with E-state index in [9.17, 15) is 9.59 Å². The molecule has 0 aliphatic carbocycles. The third-order valence-corrected chi connectivity index (χ3v) is 2.63. The van der Waals surface area contributed by atoms with E-state index in [1.165, 1.54) is 18.6 Å². The molecule has 8 heteroatoms. The van der Waals surface area contributed by atoms with Crippen molar-refractivity contribution in [1.82, 2.24) is 20.1 Å². The van der Waals surface area contributed by atoms with Gasteiger partial charge in [-0.05, 0) is 12.1 Å². The Kier molecular flexibility index (Phi) is 3.26. The molecular formula is C13H9N5O3. The van der Waals surface area contributed by atoms with Crippen LogP contribution in [0.3, 0.4) is 0 Å². The second-order valence-corrected chi connectivity index (χ2v) is 4.07. The Bertz CT molecular complexity index is 825. The summed E-state index contributed by atoms with van der Waals surface area (Å²) in [7, 11) is 0. The van der Waals surface area contributed by atoms with Crippen molar-refractivity contribution in [2.24, 2.45) is 0 Å². The number of anilines is 1. The van der Waals surface area contributed by atoms with Crippen molar-refractivity contribution in [2.45, 2.75) is 0 Å². The van der Waals surface area contributed by atoms with Gasteiger partial charge in [0, 0.05) is 23.6 Å². The number of benzene rings is 1. The molecule has 2 N–H and O–H groups in total. The minimum atomic E-state index is -0.640. The second-order valence-electron chi connectivity index (χ2n) is 4.07. The Hall–Kier alpha value is -3.29. The van der Waals surface area contributed by atoms with E-state index in [0.717, 1.165) is 0 Å². The Morgan fingerprint density at radius 2 is 2.19 bits per heavy atom. The SMILES string of the molecule is O=C(Nc1cccc(-c2noc(=O)[nH]2)c1)c1cnccn1. The molecule has 0 bridgehead atoms. The van der Waals surface area contributed by atoms with E-state index in [0.29, 0.717) is 11.3 Å². The molecule has 0 radical (unpaired) electrons. The number of nitrogens with one attached hydrogen (secondary N) is 2. The largest absolute Gasteiger partial charge is 0.439 e. The average molecular weight is 283 g/mol. The van der Waals surface area contributed by atoms with Crippen LogP contribution in [0.15, 0.2) is 52.2 Å². The van der Waals surface area contributed by atoms with Crippen molar-refractivity contribution in [3.63, 3.8) is 0 Å². The standard InChI is InChI=1S/C13H9N5O3/c19-12(10-7-14-4-5-15-10)16-9-3-1-2-8(6-9)11-17-13(20)21-18-11/h1-7H,(H,16,19)(H,17,18,20). The molecule has 1 amide bonds. The summed E-state index contributed by atoms with van der Waals surface area (Å²) in [5.41, 5.74) is 1.35. The summed E-state index contributed by atoms with van der Waals surface area (Å²) in [6, 6.07) is 6.80. The highest BCUT2D eigenvalue weighted by molar-refractivity contribution is 6.02. The number of hydrogen-bond acceptors (Lipinski definition) is 6. The summed E-state index contributed by atoms with van der Waals surface area (Å²) in [4.78, 5) is 33.1. The lowest BCUT2D eigenvalue weighted by Crippen LogP contribution is -2.13. The molecule has 0 aliphatic heterocycles. The Morgan fingerprint density at radius 1 is 1.29 bits per heavy atom. The first-order chi connectivity index (χ1) is 10.2. The number of carbonyl (C=O) groups is 1. The molecule has 1 aromatic carbocycles. The van der Waals surface area contributed by atoms with E-state index < -0.39 is 5.76 Å². The Morgan fingerprint density at radius 3 is 2.90 bits per heavy atom. The van der Waals surface area contributed by atoms with Crippen LogP contribution in [-0.4, -0.2) is 26.0 Å². The maximum absolute atomic E-state index is 12.0. The zero-order valence-corrected chi connectivity index (χ0v) is 10.6.